The molecule has 1 N–H and O–H groups in total. The van der Waals surface area contributed by atoms with E-state index in [4.69, 9.17) is 4.78 Å². The van der Waals surface area contributed by atoms with E-state index in [-0.39, 0.29) is 5.41 Å². The minimum absolute atomic E-state index is 0.00236. The Morgan fingerprint density at radius 1 is 1.43 bits per heavy atom. The Hall–Kier alpha value is -0.900. The molecule has 0 amide bonds. The van der Waals surface area contributed by atoms with Gasteiger partial charge in [-0.2, -0.15) is 0 Å². The predicted molar refractivity (Wildman–Crippen MR) is 58.0 cm³/mol. The van der Waals surface area contributed by atoms with Crippen LogP contribution in [0.25, 0.3) is 0 Å². The maximum absolute atomic E-state index is 11.5. The predicted octanol–water partition coefficient (Wildman–Crippen LogP) is 2.41. The molecule has 1 aromatic rings. The van der Waals surface area contributed by atoms with E-state index in [1.165, 1.54) is 6.26 Å². The summed E-state index contributed by atoms with van der Waals surface area (Å²) in [6.45, 7) is 6.23. The molecule has 3 nitrogen and oxygen atoms in total. The monoisotopic (exact) mass is 212 g/mol. The van der Waals surface area contributed by atoms with Gasteiger partial charge in [0.25, 0.3) is 0 Å². The lowest BCUT2D eigenvalue weighted by molar-refractivity contribution is 0.586. The highest BCUT2D eigenvalue weighted by Crippen LogP contribution is 2.23. The third-order valence-corrected chi connectivity index (χ3v) is 3.02. The minimum atomic E-state index is -2.70. The van der Waals surface area contributed by atoms with Crippen LogP contribution in [-0.2, 0) is 15.1 Å². The first-order chi connectivity index (χ1) is 6.21. The molecule has 78 valence electrons. The molecule has 0 aromatic carbocycles. The third-order valence-electron chi connectivity index (χ3n) is 2.00. The summed E-state index contributed by atoms with van der Waals surface area (Å²) in [6.07, 6.45) is 3.01. The van der Waals surface area contributed by atoms with Crippen LogP contribution in [0.3, 0.4) is 0 Å². The number of hydrogen-bond donors (Lipinski definition) is 1. The van der Waals surface area contributed by atoms with Gasteiger partial charge in [-0.05, 0) is 23.1 Å². The van der Waals surface area contributed by atoms with E-state index in [0.29, 0.717) is 5.03 Å². The maximum atomic E-state index is 11.5. The number of hydrogen-bond acceptors (Lipinski definition) is 3. The second-order valence-electron chi connectivity index (χ2n) is 4.48. The van der Waals surface area contributed by atoms with Crippen molar-refractivity contribution >= 4 is 9.73 Å². The van der Waals surface area contributed by atoms with Gasteiger partial charge in [0.05, 0.1) is 9.73 Å². The van der Waals surface area contributed by atoms with Gasteiger partial charge in [0, 0.05) is 12.5 Å². The summed E-state index contributed by atoms with van der Waals surface area (Å²) in [6, 6.07) is 3.66. The van der Waals surface area contributed by atoms with Gasteiger partial charge in [-0.1, -0.05) is 20.8 Å². The Morgan fingerprint density at radius 2 is 2.00 bits per heavy atom. The highest BCUT2D eigenvalue weighted by atomic mass is 32.2. The molecule has 1 aromatic heterocycles. The number of nitrogens with one attached hydrogen (secondary N) is 1. The second-order valence-corrected chi connectivity index (χ2v) is 6.58. The minimum Gasteiger partial charge on any atom is -0.248 e. The first-order valence-corrected chi connectivity index (χ1v) is 6.38. The zero-order chi connectivity index (χ0) is 11.0. The molecule has 1 rings (SSSR count). The molecule has 0 aliphatic heterocycles. The maximum Gasteiger partial charge on any atom is 0.135 e. The molecule has 0 radical (unpaired) electrons. The molecular weight excluding hydrogens is 196 g/mol. The lowest BCUT2D eigenvalue weighted by Gasteiger charge is -2.19. The Kier molecular flexibility index (Phi) is 2.67. The standard InChI is InChI=1S/C10H16N2OS/c1-10(2,3)8-5-6-12-9(7-8)14(4,11)13/h5-7,11H,1-4H3/t14-/m1/s1. The zero-order valence-corrected chi connectivity index (χ0v) is 9.81. The molecule has 0 spiro atoms. The van der Waals surface area contributed by atoms with Crippen molar-refractivity contribution in [2.75, 3.05) is 6.26 Å². The molecule has 14 heavy (non-hydrogen) atoms. The highest BCUT2D eigenvalue weighted by molar-refractivity contribution is 7.91. The van der Waals surface area contributed by atoms with Gasteiger partial charge in [-0.15, -0.1) is 0 Å². The van der Waals surface area contributed by atoms with Gasteiger partial charge in [0.1, 0.15) is 5.03 Å². The van der Waals surface area contributed by atoms with E-state index >= 15 is 0 Å². The molecule has 0 saturated heterocycles. The SMILES string of the molecule is CC(C)(C)c1ccnc([S@](C)(=N)=O)c1. The number of nitrogens with zero attached hydrogens (tertiary/aromatic N) is 1. The van der Waals surface area contributed by atoms with Crippen molar-refractivity contribution in [3.8, 4) is 0 Å². The smallest absolute Gasteiger partial charge is 0.135 e. The lowest BCUT2D eigenvalue weighted by Crippen LogP contribution is -2.12. The largest absolute Gasteiger partial charge is 0.248 e. The van der Waals surface area contributed by atoms with Crippen LogP contribution in [0, 0.1) is 4.78 Å². The van der Waals surface area contributed by atoms with Crippen LogP contribution >= 0.6 is 0 Å². The van der Waals surface area contributed by atoms with Crippen LogP contribution < -0.4 is 0 Å². The van der Waals surface area contributed by atoms with Crippen LogP contribution in [0.2, 0.25) is 0 Å². The Morgan fingerprint density at radius 3 is 2.43 bits per heavy atom. The molecule has 1 heterocycles. The van der Waals surface area contributed by atoms with E-state index in [0.717, 1.165) is 5.56 Å². The summed E-state index contributed by atoms with van der Waals surface area (Å²) in [5.41, 5.74) is 1.06. The Labute approximate surface area is 85.5 Å². The molecule has 0 aliphatic carbocycles. The third kappa shape index (κ3) is 2.54. The fraction of sp³-hybridized carbons (Fsp3) is 0.500. The Balaban J connectivity index is 3.29. The van der Waals surface area contributed by atoms with Gasteiger partial charge < -0.3 is 0 Å². The fourth-order valence-electron chi connectivity index (χ4n) is 1.09. The van der Waals surface area contributed by atoms with Crippen LogP contribution in [-0.4, -0.2) is 15.4 Å². The molecule has 0 bridgehead atoms. The first kappa shape index (κ1) is 11.2. The number of aromatic nitrogens is 1. The van der Waals surface area contributed by atoms with Crippen LogP contribution in [0.15, 0.2) is 23.4 Å². The summed E-state index contributed by atoms with van der Waals surface area (Å²) in [7, 11) is -2.70. The molecular formula is C10H16N2OS. The van der Waals surface area contributed by atoms with Crippen LogP contribution in [0.4, 0.5) is 0 Å². The number of pyridine rings is 1. The van der Waals surface area contributed by atoms with E-state index in [9.17, 15) is 4.21 Å². The molecule has 0 fully saturated rings. The first-order valence-electron chi connectivity index (χ1n) is 4.41. The molecule has 0 unspecified atom stereocenters. The van der Waals surface area contributed by atoms with Crippen molar-refractivity contribution in [2.24, 2.45) is 0 Å². The summed E-state index contributed by atoms with van der Waals surface area (Å²) in [5, 5.41) is 0.366. The zero-order valence-electron chi connectivity index (χ0n) is 9.00. The topological polar surface area (TPSA) is 53.8 Å². The van der Waals surface area contributed by atoms with Crippen LogP contribution in [0.1, 0.15) is 26.3 Å². The van der Waals surface area contributed by atoms with Crippen molar-refractivity contribution in [1.29, 1.82) is 4.78 Å². The summed E-state index contributed by atoms with van der Waals surface area (Å²) >= 11 is 0. The molecule has 4 heteroatoms. The van der Waals surface area contributed by atoms with Crippen molar-refractivity contribution in [2.45, 2.75) is 31.2 Å². The molecule has 1 atom stereocenters. The van der Waals surface area contributed by atoms with Crippen molar-refractivity contribution in [3.63, 3.8) is 0 Å². The van der Waals surface area contributed by atoms with E-state index < -0.39 is 9.73 Å². The second kappa shape index (κ2) is 3.35. The highest BCUT2D eigenvalue weighted by Gasteiger charge is 2.15. The van der Waals surface area contributed by atoms with E-state index in [1.807, 2.05) is 6.07 Å². The average molecular weight is 212 g/mol. The van der Waals surface area contributed by atoms with Gasteiger partial charge in [-0.25, -0.2) is 14.0 Å². The quantitative estimate of drug-likeness (QED) is 0.777. The summed E-state index contributed by atoms with van der Waals surface area (Å²) in [5.74, 6) is 0. The normalized spacial score (nSPS) is 16.3. The van der Waals surface area contributed by atoms with E-state index in [1.54, 1.807) is 12.3 Å². The average Bonchev–Trinajstić information content (AvgIpc) is 2.01. The van der Waals surface area contributed by atoms with Gasteiger partial charge >= 0.3 is 0 Å². The fourth-order valence-corrected chi connectivity index (χ4v) is 1.70. The number of rotatable bonds is 1. The summed E-state index contributed by atoms with van der Waals surface area (Å²) < 4.78 is 18.9. The van der Waals surface area contributed by atoms with Crippen LogP contribution in [0.5, 0.6) is 0 Å². The van der Waals surface area contributed by atoms with Crippen molar-refractivity contribution < 1.29 is 4.21 Å². The van der Waals surface area contributed by atoms with Crippen molar-refractivity contribution in [3.05, 3.63) is 23.9 Å². The van der Waals surface area contributed by atoms with E-state index in [2.05, 4.69) is 25.8 Å². The molecule has 0 saturated carbocycles. The molecule has 0 aliphatic rings. The van der Waals surface area contributed by atoms with Gasteiger partial charge in [0.2, 0.25) is 0 Å². The lowest BCUT2D eigenvalue weighted by atomic mass is 9.88. The van der Waals surface area contributed by atoms with Crippen molar-refractivity contribution in [1.82, 2.24) is 4.98 Å². The summed E-state index contributed by atoms with van der Waals surface area (Å²) in [4.78, 5) is 3.96. The Bertz CT molecular complexity index is 430. The van der Waals surface area contributed by atoms with Gasteiger partial charge in [-0.3, -0.25) is 0 Å². The van der Waals surface area contributed by atoms with Gasteiger partial charge in [0.15, 0.2) is 0 Å².